The molecule has 1 aliphatic heterocycles. The fourth-order valence-electron chi connectivity index (χ4n) is 1.80. The maximum atomic E-state index is 3.87. The number of hydrogen-bond acceptors (Lipinski definition) is 1. The first-order valence-corrected chi connectivity index (χ1v) is 6.68. The number of hydrogen-bond donors (Lipinski definition) is 0. The fourth-order valence-corrected chi connectivity index (χ4v) is 1.80. The van der Waals surface area contributed by atoms with E-state index < -0.39 is 0 Å². The van der Waals surface area contributed by atoms with E-state index in [0.29, 0.717) is 5.92 Å². The van der Waals surface area contributed by atoms with E-state index in [4.69, 9.17) is 0 Å². The van der Waals surface area contributed by atoms with Gasteiger partial charge in [-0.3, -0.25) is 0 Å². The van der Waals surface area contributed by atoms with E-state index in [-0.39, 0.29) is 0 Å². The summed E-state index contributed by atoms with van der Waals surface area (Å²) in [4.78, 5) is 2.35. The molecule has 1 heteroatoms. The Bertz CT molecular complexity index is 201. The van der Waals surface area contributed by atoms with Gasteiger partial charge in [-0.15, -0.1) is 0 Å². The first-order valence-electron chi connectivity index (χ1n) is 6.68. The zero-order chi connectivity index (χ0) is 13.1. The Balaban J connectivity index is 0. The summed E-state index contributed by atoms with van der Waals surface area (Å²) in [6, 6.07) is 0. The van der Waals surface area contributed by atoms with Crippen molar-refractivity contribution in [2.45, 2.75) is 48.0 Å². The third-order valence-corrected chi connectivity index (χ3v) is 2.56. The van der Waals surface area contributed by atoms with Gasteiger partial charge in [0.05, 0.1) is 0 Å². The normalized spacial score (nSPS) is 16.0. The standard InChI is InChI=1S/C11H19N.2C2H6/c1-5-10-8-12(4)7-6-11(10)9(2)3;2*1-2/h5,9H,1,6-8H2,2-4H3;2*1-2H3. The molecule has 1 nitrogen and oxygen atoms in total. The second-order valence-corrected chi connectivity index (χ2v) is 3.90. The zero-order valence-corrected chi connectivity index (χ0v) is 12.4. The number of rotatable bonds is 2. The van der Waals surface area contributed by atoms with Crippen molar-refractivity contribution >= 4 is 0 Å². The molecule has 0 saturated heterocycles. The first kappa shape index (κ1) is 17.8. The van der Waals surface area contributed by atoms with Crippen LogP contribution in [0.3, 0.4) is 0 Å². The molecule has 0 N–H and O–H groups in total. The van der Waals surface area contributed by atoms with E-state index in [1.54, 1.807) is 5.57 Å². The van der Waals surface area contributed by atoms with E-state index in [1.807, 2.05) is 33.8 Å². The quantitative estimate of drug-likeness (QED) is 0.668. The second-order valence-electron chi connectivity index (χ2n) is 3.90. The monoisotopic (exact) mass is 225 g/mol. The Kier molecular flexibility index (Phi) is 12.2. The van der Waals surface area contributed by atoms with Crippen LogP contribution in [0, 0.1) is 5.92 Å². The molecule has 1 rings (SSSR count). The Hall–Kier alpha value is -0.560. The molecular formula is C15H31N. The summed E-state index contributed by atoms with van der Waals surface area (Å²) in [5.74, 6) is 0.687. The van der Waals surface area contributed by atoms with Crippen LogP contribution < -0.4 is 0 Å². The lowest BCUT2D eigenvalue weighted by Crippen LogP contribution is -2.28. The van der Waals surface area contributed by atoms with Crippen LogP contribution in [-0.2, 0) is 0 Å². The van der Waals surface area contributed by atoms with Crippen molar-refractivity contribution in [2.75, 3.05) is 20.1 Å². The molecule has 0 aromatic heterocycles. The van der Waals surface area contributed by atoms with E-state index in [0.717, 1.165) is 6.54 Å². The maximum Gasteiger partial charge on any atom is 0.0230 e. The predicted molar refractivity (Wildman–Crippen MR) is 76.9 cm³/mol. The Morgan fingerprint density at radius 3 is 2.06 bits per heavy atom. The third kappa shape index (κ3) is 6.12. The van der Waals surface area contributed by atoms with Gasteiger partial charge in [0.2, 0.25) is 0 Å². The summed E-state index contributed by atoms with van der Waals surface area (Å²) < 4.78 is 0. The summed E-state index contributed by atoms with van der Waals surface area (Å²) in [6.07, 6.45) is 3.24. The molecule has 0 bridgehead atoms. The predicted octanol–water partition coefficient (Wildman–Crippen LogP) is 4.51. The lowest BCUT2D eigenvalue weighted by molar-refractivity contribution is 0.343. The molecular weight excluding hydrogens is 194 g/mol. The van der Waals surface area contributed by atoms with Crippen molar-refractivity contribution in [3.63, 3.8) is 0 Å². The molecule has 0 spiro atoms. The molecule has 96 valence electrons. The van der Waals surface area contributed by atoms with Crippen molar-refractivity contribution in [2.24, 2.45) is 5.92 Å². The molecule has 16 heavy (non-hydrogen) atoms. The minimum Gasteiger partial charge on any atom is -0.302 e. The van der Waals surface area contributed by atoms with Crippen molar-refractivity contribution in [3.05, 3.63) is 23.8 Å². The van der Waals surface area contributed by atoms with Gasteiger partial charge in [0.25, 0.3) is 0 Å². The Morgan fingerprint density at radius 2 is 1.69 bits per heavy atom. The highest BCUT2D eigenvalue weighted by Crippen LogP contribution is 2.24. The molecule has 0 unspecified atom stereocenters. The van der Waals surface area contributed by atoms with Gasteiger partial charge in [-0.2, -0.15) is 0 Å². The zero-order valence-electron chi connectivity index (χ0n) is 12.4. The lowest BCUT2D eigenvalue weighted by Gasteiger charge is -2.28. The lowest BCUT2D eigenvalue weighted by atomic mass is 9.91. The van der Waals surface area contributed by atoms with Gasteiger partial charge in [-0.05, 0) is 25.0 Å². The van der Waals surface area contributed by atoms with Gasteiger partial charge in [0.15, 0.2) is 0 Å². The van der Waals surface area contributed by atoms with Gasteiger partial charge in [-0.25, -0.2) is 0 Å². The van der Waals surface area contributed by atoms with Crippen molar-refractivity contribution < 1.29 is 0 Å². The van der Waals surface area contributed by atoms with Crippen LogP contribution in [0.5, 0.6) is 0 Å². The minimum atomic E-state index is 0.687. The summed E-state index contributed by atoms with van der Waals surface area (Å²) in [6.45, 7) is 18.7. The van der Waals surface area contributed by atoms with Crippen LogP contribution in [0.2, 0.25) is 0 Å². The van der Waals surface area contributed by atoms with Crippen LogP contribution in [0.25, 0.3) is 0 Å². The summed E-state index contributed by atoms with van der Waals surface area (Å²) in [5, 5.41) is 0. The molecule has 0 fully saturated rings. The number of likely N-dealkylation sites (N-methyl/N-ethyl adjacent to an activating group) is 1. The van der Waals surface area contributed by atoms with E-state index in [2.05, 4.69) is 32.4 Å². The summed E-state index contributed by atoms with van der Waals surface area (Å²) in [5.41, 5.74) is 3.04. The van der Waals surface area contributed by atoms with Crippen LogP contribution in [0.15, 0.2) is 23.8 Å². The molecule has 0 aromatic carbocycles. The van der Waals surface area contributed by atoms with Crippen molar-refractivity contribution in [3.8, 4) is 0 Å². The van der Waals surface area contributed by atoms with E-state index >= 15 is 0 Å². The highest BCUT2D eigenvalue weighted by molar-refractivity contribution is 5.29. The average molecular weight is 225 g/mol. The van der Waals surface area contributed by atoms with Gasteiger partial charge in [-0.1, -0.05) is 59.8 Å². The molecule has 1 heterocycles. The maximum absolute atomic E-state index is 3.87. The van der Waals surface area contributed by atoms with Gasteiger partial charge < -0.3 is 4.90 Å². The van der Waals surface area contributed by atoms with Crippen LogP contribution in [0.4, 0.5) is 0 Å². The van der Waals surface area contributed by atoms with Crippen LogP contribution in [-0.4, -0.2) is 25.0 Å². The Morgan fingerprint density at radius 1 is 1.19 bits per heavy atom. The molecule has 0 aromatic rings. The molecule has 0 aliphatic carbocycles. The third-order valence-electron chi connectivity index (χ3n) is 2.56. The van der Waals surface area contributed by atoms with Crippen molar-refractivity contribution in [1.29, 1.82) is 0 Å². The fraction of sp³-hybridized carbons (Fsp3) is 0.733. The largest absolute Gasteiger partial charge is 0.302 e. The van der Waals surface area contributed by atoms with Crippen LogP contribution >= 0.6 is 0 Å². The number of nitrogens with zero attached hydrogens (tertiary/aromatic N) is 1. The van der Waals surface area contributed by atoms with Gasteiger partial charge in [0, 0.05) is 13.1 Å². The average Bonchev–Trinajstić information content (AvgIpc) is 2.33. The van der Waals surface area contributed by atoms with Crippen molar-refractivity contribution in [1.82, 2.24) is 4.90 Å². The van der Waals surface area contributed by atoms with E-state index in [9.17, 15) is 0 Å². The first-order chi connectivity index (χ1) is 7.65. The highest BCUT2D eigenvalue weighted by Gasteiger charge is 2.15. The van der Waals surface area contributed by atoms with Crippen LogP contribution in [0.1, 0.15) is 48.0 Å². The molecule has 0 amide bonds. The summed E-state index contributed by atoms with van der Waals surface area (Å²) in [7, 11) is 2.17. The molecule has 0 atom stereocenters. The topological polar surface area (TPSA) is 3.24 Å². The SMILES string of the molecule is C=CC1=C(C(C)C)CCN(C)C1.CC.CC. The Labute approximate surface area is 103 Å². The highest BCUT2D eigenvalue weighted by atomic mass is 15.1. The minimum absolute atomic E-state index is 0.687. The van der Waals surface area contributed by atoms with Gasteiger partial charge in [0.1, 0.15) is 0 Å². The van der Waals surface area contributed by atoms with E-state index in [1.165, 1.54) is 18.5 Å². The molecule has 0 radical (unpaired) electrons. The molecule has 1 aliphatic rings. The van der Waals surface area contributed by atoms with Gasteiger partial charge >= 0.3 is 0 Å². The smallest absolute Gasteiger partial charge is 0.0230 e. The second kappa shape index (κ2) is 10.9. The molecule has 0 saturated carbocycles. The summed E-state index contributed by atoms with van der Waals surface area (Å²) >= 11 is 0.